The molecule has 11 nitrogen and oxygen atoms in total. The Labute approximate surface area is 225 Å². The lowest BCUT2D eigenvalue weighted by atomic mass is 9.92. The zero-order valence-corrected chi connectivity index (χ0v) is 22.7. The largest absolute Gasteiger partial charge is 0.481 e. The van der Waals surface area contributed by atoms with Crippen LogP contribution in [0.2, 0.25) is 0 Å². The highest BCUT2D eigenvalue weighted by atomic mass is 16.4. The van der Waals surface area contributed by atoms with Crippen LogP contribution in [0.5, 0.6) is 0 Å². The predicted octanol–water partition coefficient (Wildman–Crippen LogP) is 1.89. The van der Waals surface area contributed by atoms with E-state index >= 15 is 0 Å². The lowest BCUT2D eigenvalue weighted by Gasteiger charge is -2.25. The summed E-state index contributed by atoms with van der Waals surface area (Å²) in [5, 5.41) is 27.1. The van der Waals surface area contributed by atoms with Crippen molar-refractivity contribution >= 4 is 29.7 Å². The van der Waals surface area contributed by atoms with E-state index in [2.05, 4.69) is 16.0 Å². The fourth-order valence-corrected chi connectivity index (χ4v) is 5.47. The van der Waals surface area contributed by atoms with E-state index in [0.717, 1.165) is 77.3 Å². The normalized spacial score (nSPS) is 18.6. The molecule has 0 bridgehead atoms. The maximum Gasteiger partial charge on any atom is 0.326 e. The first-order valence-electron chi connectivity index (χ1n) is 14.2. The van der Waals surface area contributed by atoms with Crippen LogP contribution >= 0.6 is 0 Å². The van der Waals surface area contributed by atoms with Crippen molar-refractivity contribution in [1.82, 2.24) is 20.9 Å². The van der Waals surface area contributed by atoms with Crippen LogP contribution < -0.4 is 16.0 Å². The van der Waals surface area contributed by atoms with E-state index in [4.69, 9.17) is 0 Å². The average molecular weight is 539 g/mol. The first kappa shape index (κ1) is 31.5. The van der Waals surface area contributed by atoms with Gasteiger partial charge in [-0.1, -0.05) is 38.5 Å². The fourth-order valence-electron chi connectivity index (χ4n) is 5.47. The van der Waals surface area contributed by atoms with Crippen LogP contribution in [0.3, 0.4) is 0 Å². The average Bonchev–Trinajstić information content (AvgIpc) is 3.15. The number of carbonyl (C=O) groups is 5. The Kier molecular flexibility index (Phi) is 14.1. The van der Waals surface area contributed by atoms with Gasteiger partial charge < -0.3 is 31.1 Å². The Morgan fingerprint density at radius 3 is 2.13 bits per heavy atom. The number of carboxylic acids is 2. The lowest BCUT2D eigenvalue weighted by Crippen LogP contribution is -2.54. The molecule has 1 heterocycles. The van der Waals surface area contributed by atoms with Crippen molar-refractivity contribution in [3.8, 4) is 0 Å². The van der Waals surface area contributed by atoms with Crippen molar-refractivity contribution < 1.29 is 34.2 Å². The van der Waals surface area contributed by atoms with Crippen LogP contribution in [0.1, 0.15) is 90.4 Å². The number of aliphatic carboxylic acids is 2. The highest BCUT2D eigenvalue weighted by Crippen LogP contribution is 2.26. The Balaban J connectivity index is 1.89. The van der Waals surface area contributed by atoms with Gasteiger partial charge in [-0.2, -0.15) is 0 Å². The minimum Gasteiger partial charge on any atom is -0.481 e. The zero-order valence-electron chi connectivity index (χ0n) is 22.7. The predicted molar refractivity (Wildman–Crippen MR) is 141 cm³/mol. The molecule has 11 heteroatoms. The molecule has 2 aliphatic rings. The van der Waals surface area contributed by atoms with Crippen LogP contribution in [-0.4, -0.2) is 83.0 Å². The molecular formula is C27H46N4O7. The molecule has 1 saturated carbocycles. The molecule has 2 fully saturated rings. The summed E-state index contributed by atoms with van der Waals surface area (Å²) in [6.07, 6.45) is 9.87. The third-order valence-electron chi connectivity index (χ3n) is 7.72. The minimum absolute atomic E-state index is 0.162. The highest BCUT2D eigenvalue weighted by molar-refractivity contribution is 5.94. The number of nitrogens with one attached hydrogen (secondary N) is 3. The molecule has 1 aliphatic carbocycles. The summed E-state index contributed by atoms with van der Waals surface area (Å²) in [6.45, 7) is 3.76. The van der Waals surface area contributed by atoms with E-state index < -0.39 is 42.3 Å². The summed E-state index contributed by atoms with van der Waals surface area (Å²) in [5.74, 6) is -3.38. The molecule has 216 valence electrons. The van der Waals surface area contributed by atoms with Gasteiger partial charge in [-0.05, 0) is 64.0 Å². The maximum absolute atomic E-state index is 12.9. The molecule has 1 aliphatic heterocycles. The van der Waals surface area contributed by atoms with Crippen LogP contribution in [-0.2, 0) is 24.0 Å². The third-order valence-corrected chi connectivity index (χ3v) is 7.72. The fraction of sp³-hybridized carbons (Fsp3) is 0.815. The van der Waals surface area contributed by atoms with E-state index in [1.807, 2.05) is 0 Å². The van der Waals surface area contributed by atoms with Gasteiger partial charge in [-0.3, -0.25) is 19.2 Å². The number of carboxylic acid groups (broad SMARTS) is 2. The molecular weight excluding hydrogens is 492 g/mol. The van der Waals surface area contributed by atoms with Crippen molar-refractivity contribution in [2.24, 2.45) is 11.8 Å². The van der Waals surface area contributed by atoms with Crippen LogP contribution in [0.4, 0.5) is 0 Å². The van der Waals surface area contributed by atoms with Crippen LogP contribution in [0.25, 0.3) is 0 Å². The van der Waals surface area contributed by atoms with Crippen molar-refractivity contribution in [2.45, 2.75) is 102 Å². The molecule has 2 unspecified atom stereocenters. The van der Waals surface area contributed by atoms with E-state index in [1.165, 1.54) is 4.90 Å². The number of hydrogen-bond acceptors (Lipinski definition) is 6. The molecule has 5 N–H and O–H groups in total. The molecule has 3 amide bonds. The summed E-state index contributed by atoms with van der Waals surface area (Å²) < 4.78 is 0. The number of hydrogen-bond donors (Lipinski definition) is 5. The summed E-state index contributed by atoms with van der Waals surface area (Å²) in [5.41, 5.74) is 0. The molecule has 0 aromatic carbocycles. The minimum atomic E-state index is -1.44. The Hall–Kier alpha value is -2.69. The Morgan fingerprint density at radius 1 is 0.895 bits per heavy atom. The van der Waals surface area contributed by atoms with Gasteiger partial charge in [0.2, 0.25) is 17.7 Å². The van der Waals surface area contributed by atoms with Gasteiger partial charge in [-0.25, -0.2) is 4.79 Å². The summed E-state index contributed by atoms with van der Waals surface area (Å²) >= 11 is 0. The topological polar surface area (TPSA) is 165 Å². The molecule has 0 aromatic heterocycles. The van der Waals surface area contributed by atoms with Gasteiger partial charge in [0.1, 0.15) is 12.1 Å². The van der Waals surface area contributed by atoms with Crippen molar-refractivity contribution in [2.75, 3.05) is 26.2 Å². The van der Waals surface area contributed by atoms with E-state index in [-0.39, 0.29) is 24.8 Å². The number of piperidine rings is 1. The zero-order chi connectivity index (χ0) is 27.9. The maximum atomic E-state index is 12.9. The van der Waals surface area contributed by atoms with E-state index in [9.17, 15) is 34.2 Å². The van der Waals surface area contributed by atoms with E-state index in [0.29, 0.717) is 18.9 Å². The van der Waals surface area contributed by atoms with Crippen molar-refractivity contribution in [3.63, 3.8) is 0 Å². The highest BCUT2D eigenvalue weighted by Gasteiger charge is 2.30. The standard InChI is InChI=1S/C27H46N4O7/c1-2-31(24(33)11-7-10-19-12-14-28-15-13-19)18-23(32)29-21(17-25(34)35)26(36)30-22(27(37)38)16-20-8-5-3-4-6-9-20/h19-22,28H,2-18H2,1H3,(H,29,32)(H,30,36)(H,34,35)(H,37,38). The monoisotopic (exact) mass is 538 g/mol. The molecule has 0 radical (unpaired) electrons. The second kappa shape index (κ2) is 17.0. The summed E-state index contributed by atoms with van der Waals surface area (Å²) in [4.78, 5) is 62.9. The second-order valence-electron chi connectivity index (χ2n) is 10.7. The SMILES string of the molecule is CCN(CC(=O)NC(CC(=O)O)C(=O)NC(CC1CCCCCC1)C(=O)O)C(=O)CCCC1CCNCC1. The first-order valence-corrected chi connectivity index (χ1v) is 14.2. The van der Waals surface area contributed by atoms with Crippen LogP contribution in [0, 0.1) is 11.8 Å². The van der Waals surface area contributed by atoms with Gasteiger partial charge in [0, 0.05) is 13.0 Å². The van der Waals surface area contributed by atoms with Gasteiger partial charge in [-0.15, -0.1) is 0 Å². The van der Waals surface area contributed by atoms with E-state index in [1.54, 1.807) is 6.92 Å². The number of carbonyl (C=O) groups excluding carboxylic acids is 3. The molecule has 1 saturated heterocycles. The number of rotatable bonds is 15. The van der Waals surface area contributed by atoms with Crippen LogP contribution in [0.15, 0.2) is 0 Å². The molecule has 2 atom stereocenters. The molecule has 0 aromatic rings. The number of amides is 3. The molecule has 0 spiro atoms. The molecule has 2 rings (SSSR count). The van der Waals surface area contributed by atoms with Gasteiger partial charge in [0.05, 0.1) is 13.0 Å². The first-order chi connectivity index (χ1) is 18.2. The quantitative estimate of drug-likeness (QED) is 0.197. The van der Waals surface area contributed by atoms with Gasteiger partial charge in [0.25, 0.3) is 0 Å². The van der Waals surface area contributed by atoms with Crippen molar-refractivity contribution in [1.29, 1.82) is 0 Å². The second-order valence-corrected chi connectivity index (χ2v) is 10.7. The number of likely N-dealkylation sites (N-methyl/N-ethyl adjacent to an activating group) is 1. The Bertz CT molecular complexity index is 792. The third kappa shape index (κ3) is 11.8. The lowest BCUT2D eigenvalue weighted by molar-refractivity contribution is -0.144. The smallest absolute Gasteiger partial charge is 0.326 e. The molecule has 38 heavy (non-hydrogen) atoms. The summed E-state index contributed by atoms with van der Waals surface area (Å²) in [7, 11) is 0. The van der Waals surface area contributed by atoms with Gasteiger partial charge in [0.15, 0.2) is 0 Å². The van der Waals surface area contributed by atoms with Gasteiger partial charge >= 0.3 is 11.9 Å². The number of nitrogens with zero attached hydrogens (tertiary/aromatic N) is 1. The summed E-state index contributed by atoms with van der Waals surface area (Å²) in [6, 6.07) is -2.60. The van der Waals surface area contributed by atoms with Crippen molar-refractivity contribution in [3.05, 3.63) is 0 Å². The Morgan fingerprint density at radius 2 is 1.55 bits per heavy atom.